The van der Waals surface area contributed by atoms with Crippen molar-refractivity contribution in [3.8, 4) is 22.4 Å². The van der Waals surface area contributed by atoms with Gasteiger partial charge in [0, 0.05) is 12.2 Å². The molecule has 2 aromatic carbocycles. The molecule has 0 aliphatic heterocycles. The van der Waals surface area contributed by atoms with Gasteiger partial charge in [-0.15, -0.1) is 0 Å². The van der Waals surface area contributed by atoms with Crippen LogP contribution in [0.2, 0.25) is 18.1 Å². The Kier molecular flexibility index (Phi) is 8.49. The third kappa shape index (κ3) is 6.39. The topological polar surface area (TPSA) is 36.3 Å². The molecule has 0 bridgehead atoms. The number of hydrogen-bond acceptors (Lipinski definition) is 3. The molecule has 0 unspecified atom stereocenters. The van der Waals surface area contributed by atoms with Gasteiger partial charge < -0.3 is 13.7 Å². The van der Waals surface area contributed by atoms with Gasteiger partial charge in [0.15, 0.2) is 8.32 Å². The van der Waals surface area contributed by atoms with Crippen LogP contribution < -0.4 is 0 Å². The van der Waals surface area contributed by atoms with Crippen LogP contribution in [0.1, 0.15) is 47.4 Å². The largest absolute Gasteiger partial charge is 0.410 e. The van der Waals surface area contributed by atoms with E-state index >= 15 is 0 Å². The fourth-order valence-corrected chi connectivity index (χ4v) is 6.58. The predicted octanol–water partition coefficient (Wildman–Crippen LogP) is 8.16. The Morgan fingerprint density at radius 2 is 1.53 bits per heavy atom. The Morgan fingerprint density at radius 3 is 2.15 bits per heavy atom. The van der Waals surface area contributed by atoms with Crippen LogP contribution in [0.5, 0.6) is 0 Å². The molecule has 0 radical (unpaired) electrons. The summed E-state index contributed by atoms with van der Waals surface area (Å²) in [6.07, 6.45) is 0. The first-order valence-electron chi connectivity index (χ1n) is 12.0. The molecule has 0 aliphatic carbocycles. The van der Waals surface area contributed by atoms with E-state index in [1.807, 2.05) is 6.92 Å². The van der Waals surface area contributed by atoms with Crippen LogP contribution >= 0.6 is 22.6 Å². The quantitative estimate of drug-likeness (QED) is 0.186. The fourth-order valence-electron chi connectivity index (χ4n) is 3.95. The third-order valence-corrected chi connectivity index (χ3v) is 12.0. The zero-order valence-corrected chi connectivity index (χ0v) is 25.1. The minimum Gasteiger partial charge on any atom is -0.410 e. The van der Waals surface area contributed by atoms with Gasteiger partial charge in [-0.25, -0.2) is 4.98 Å². The summed E-state index contributed by atoms with van der Waals surface area (Å²) in [6.45, 7) is 19.8. The molecule has 4 nitrogen and oxygen atoms in total. The number of benzene rings is 2. The van der Waals surface area contributed by atoms with E-state index in [1.165, 1.54) is 11.1 Å². The fraction of sp³-hybridized carbons (Fsp3) is 0.464. The second-order valence-electron chi connectivity index (χ2n) is 11.0. The standard InChI is InChI=1S/C28H39IN2O2Si/c1-9-32-19-24-30-26(29)25(23-17-13-16-22(18-23)21-14-11-10-12-15-21)31(24)20-28(5,6)33-34(7,8)27(2,3)4/h10-18H,9,19-20H2,1-8H3. The first-order chi connectivity index (χ1) is 15.8. The van der Waals surface area contributed by atoms with E-state index in [0.29, 0.717) is 19.8 Å². The molecule has 3 rings (SSSR count). The second-order valence-corrected chi connectivity index (χ2v) is 16.7. The van der Waals surface area contributed by atoms with Crippen LogP contribution in [0.3, 0.4) is 0 Å². The number of halogens is 1. The number of nitrogens with zero attached hydrogens (tertiary/aromatic N) is 2. The first kappa shape index (κ1) is 27.1. The highest BCUT2D eigenvalue weighted by molar-refractivity contribution is 14.1. The Labute approximate surface area is 220 Å². The summed E-state index contributed by atoms with van der Waals surface area (Å²) in [5.41, 5.74) is 4.34. The predicted molar refractivity (Wildman–Crippen MR) is 154 cm³/mol. The molecule has 0 saturated heterocycles. The minimum absolute atomic E-state index is 0.147. The van der Waals surface area contributed by atoms with E-state index in [0.717, 1.165) is 20.8 Å². The van der Waals surface area contributed by atoms with E-state index in [4.69, 9.17) is 14.1 Å². The molecule has 0 spiro atoms. The summed E-state index contributed by atoms with van der Waals surface area (Å²) >= 11 is 2.36. The van der Waals surface area contributed by atoms with Gasteiger partial charge in [0.05, 0.1) is 17.8 Å². The summed E-state index contributed by atoms with van der Waals surface area (Å²) in [5, 5.41) is 0.147. The van der Waals surface area contributed by atoms with Gasteiger partial charge in [0.1, 0.15) is 16.1 Å². The Hall–Kier alpha value is -1.48. The molecular weight excluding hydrogens is 551 g/mol. The average molecular weight is 591 g/mol. The normalized spacial score (nSPS) is 12.9. The van der Waals surface area contributed by atoms with Crippen LogP contribution in [-0.4, -0.2) is 30.1 Å². The van der Waals surface area contributed by atoms with Crippen molar-refractivity contribution < 1.29 is 9.16 Å². The van der Waals surface area contributed by atoms with Gasteiger partial charge in [-0.2, -0.15) is 0 Å². The van der Waals surface area contributed by atoms with Crippen LogP contribution in [0.15, 0.2) is 54.6 Å². The van der Waals surface area contributed by atoms with E-state index in [9.17, 15) is 0 Å². The average Bonchev–Trinajstić information content (AvgIpc) is 3.05. The molecular formula is C28H39IN2O2Si. The maximum absolute atomic E-state index is 6.89. The molecule has 1 aromatic heterocycles. The summed E-state index contributed by atoms with van der Waals surface area (Å²) in [5.74, 6) is 0.943. The van der Waals surface area contributed by atoms with Crippen LogP contribution in [0, 0.1) is 3.70 Å². The van der Waals surface area contributed by atoms with Crippen molar-refractivity contribution >= 4 is 30.9 Å². The van der Waals surface area contributed by atoms with Crippen LogP contribution in [-0.2, 0) is 22.3 Å². The molecule has 34 heavy (non-hydrogen) atoms. The monoisotopic (exact) mass is 590 g/mol. The molecule has 0 aliphatic rings. The molecule has 0 saturated carbocycles. The number of imidazole rings is 1. The van der Waals surface area contributed by atoms with Gasteiger partial charge in [-0.3, -0.25) is 0 Å². The molecule has 0 amide bonds. The molecule has 6 heteroatoms. The summed E-state index contributed by atoms with van der Waals surface area (Å²) in [7, 11) is -1.95. The summed E-state index contributed by atoms with van der Waals surface area (Å²) < 4.78 is 16.0. The highest BCUT2D eigenvalue weighted by Gasteiger charge is 2.42. The SMILES string of the molecule is CCOCc1nc(I)c(-c2cccc(-c3ccccc3)c2)n1CC(C)(C)O[Si](C)(C)C(C)(C)C. The van der Waals surface area contributed by atoms with Gasteiger partial charge in [-0.05, 0) is 78.7 Å². The molecule has 0 atom stereocenters. The van der Waals surface area contributed by atoms with Crippen molar-refractivity contribution in [3.05, 3.63) is 64.1 Å². The Morgan fingerprint density at radius 1 is 0.912 bits per heavy atom. The zero-order chi connectivity index (χ0) is 25.1. The number of aromatic nitrogens is 2. The van der Waals surface area contributed by atoms with E-state index in [-0.39, 0.29) is 10.6 Å². The van der Waals surface area contributed by atoms with Crippen molar-refractivity contribution in [1.82, 2.24) is 9.55 Å². The number of ether oxygens (including phenoxy) is 1. The summed E-state index contributed by atoms with van der Waals surface area (Å²) in [6, 6.07) is 19.2. The van der Waals surface area contributed by atoms with Crippen molar-refractivity contribution in [2.24, 2.45) is 0 Å². The Balaban J connectivity index is 2.06. The highest BCUT2D eigenvalue weighted by atomic mass is 127. The van der Waals surface area contributed by atoms with Gasteiger partial charge in [0.2, 0.25) is 0 Å². The van der Waals surface area contributed by atoms with Crippen molar-refractivity contribution in [3.63, 3.8) is 0 Å². The van der Waals surface area contributed by atoms with Crippen molar-refractivity contribution in [1.29, 1.82) is 0 Å². The molecule has 3 aromatic rings. The van der Waals surface area contributed by atoms with E-state index < -0.39 is 8.32 Å². The molecule has 0 N–H and O–H groups in total. The van der Waals surface area contributed by atoms with Crippen molar-refractivity contribution in [2.75, 3.05) is 6.61 Å². The lowest BCUT2D eigenvalue weighted by Crippen LogP contribution is -2.49. The molecule has 0 fully saturated rings. The van der Waals surface area contributed by atoms with Crippen LogP contribution in [0.25, 0.3) is 22.4 Å². The lowest BCUT2D eigenvalue weighted by atomic mass is 10.0. The minimum atomic E-state index is -1.95. The van der Waals surface area contributed by atoms with Gasteiger partial charge in [-0.1, -0.05) is 69.3 Å². The second kappa shape index (κ2) is 10.6. The maximum Gasteiger partial charge on any atom is 0.192 e. The van der Waals surface area contributed by atoms with Crippen molar-refractivity contribution in [2.45, 2.75) is 78.4 Å². The zero-order valence-electron chi connectivity index (χ0n) is 21.9. The third-order valence-electron chi connectivity index (χ3n) is 6.56. The van der Waals surface area contributed by atoms with E-state index in [1.54, 1.807) is 0 Å². The van der Waals surface area contributed by atoms with Crippen LogP contribution in [0.4, 0.5) is 0 Å². The molecule has 1 heterocycles. The lowest BCUT2D eigenvalue weighted by Gasteiger charge is -2.43. The summed E-state index contributed by atoms with van der Waals surface area (Å²) in [4.78, 5) is 4.94. The number of hydrogen-bond donors (Lipinski definition) is 0. The lowest BCUT2D eigenvalue weighted by molar-refractivity contribution is 0.0681. The van der Waals surface area contributed by atoms with Gasteiger partial charge in [0.25, 0.3) is 0 Å². The Bertz CT molecular complexity index is 1100. The first-order valence-corrected chi connectivity index (χ1v) is 16.0. The maximum atomic E-state index is 6.89. The highest BCUT2D eigenvalue weighted by Crippen LogP contribution is 2.40. The van der Waals surface area contributed by atoms with Gasteiger partial charge >= 0.3 is 0 Å². The van der Waals surface area contributed by atoms with E-state index in [2.05, 4.69) is 129 Å². The smallest absolute Gasteiger partial charge is 0.192 e. The number of rotatable bonds is 9. The molecule has 184 valence electrons.